The first-order valence-corrected chi connectivity index (χ1v) is 6.86. The number of benzene rings is 1. The van der Waals surface area contributed by atoms with Gasteiger partial charge in [-0.3, -0.25) is 4.79 Å². The zero-order chi connectivity index (χ0) is 12.5. The lowest BCUT2D eigenvalue weighted by atomic mass is 10.0. The monoisotopic (exact) mass is 260 g/mol. The van der Waals surface area contributed by atoms with Crippen LogP contribution in [0.2, 0.25) is 0 Å². The number of carbonyl (C=O) groups is 1. The van der Waals surface area contributed by atoms with Gasteiger partial charge in [-0.2, -0.15) is 9.67 Å². The molecule has 6 heteroatoms. The van der Waals surface area contributed by atoms with Crippen molar-refractivity contribution in [3.05, 3.63) is 35.9 Å². The summed E-state index contributed by atoms with van der Waals surface area (Å²) in [5, 5.41) is 8.00. The molecule has 1 N–H and O–H groups in total. The highest BCUT2D eigenvalue weighted by atomic mass is 32.2. The van der Waals surface area contributed by atoms with E-state index in [1.54, 1.807) is 0 Å². The number of aromatic nitrogens is 3. The van der Waals surface area contributed by atoms with Gasteiger partial charge >= 0.3 is 0 Å². The number of anilines is 1. The highest BCUT2D eigenvalue weighted by Crippen LogP contribution is 2.28. The molecule has 2 heterocycles. The van der Waals surface area contributed by atoms with Crippen LogP contribution in [-0.4, -0.2) is 26.9 Å². The van der Waals surface area contributed by atoms with Gasteiger partial charge in [0.25, 0.3) is 5.91 Å². The third kappa shape index (κ3) is 1.88. The molecule has 3 rings (SSSR count). The van der Waals surface area contributed by atoms with Gasteiger partial charge in [0.05, 0.1) is 12.5 Å². The summed E-state index contributed by atoms with van der Waals surface area (Å²) >= 11 is 1.43. The lowest BCUT2D eigenvalue weighted by molar-refractivity contribution is 0.0871. The topological polar surface area (TPSA) is 59.8 Å². The molecule has 18 heavy (non-hydrogen) atoms. The van der Waals surface area contributed by atoms with Gasteiger partial charge < -0.3 is 5.32 Å². The van der Waals surface area contributed by atoms with Gasteiger partial charge in [-0.15, -0.1) is 5.10 Å². The van der Waals surface area contributed by atoms with Crippen molar-refractivity contribution in [1.82, 2.24) is 14.8 Å². The number of nitrogens with zero attached hydrogens (tertiary/aromatic N) is 3. The molecule has 1 atom stereocenters. The Balaban J connectivity index is 1.94. The molecule has 0 amide bonds. The predicted octanol–water partition coefficient (Wildman–Crippen LogP) is 2.20. The van der Waals surface area contributed by atoms with Crippen molar-refractivity contribution >= 4 is 23.6 Å². The van der Waals surface area contributed by atoms with Crippen LogP contribution in [0.25, 0.3) is 0 Å². The summed E-state index contributed by atoms with van der Waals surface area (Å²) in [6.07, 6.45) is 2.29. The summed E-state index contributed by atoms with van der Waals surface area (Å²) in [4.78, 5) is 16.3. The van der Waals surface area contributed by atoms with Crippen molar-refractivity contribution in [3.8, 4) is 0 Å². The smallest absolute Gasteiger partial charge is 0.252 e. The van der Waals surface area contributed by atoms with Crippen molar-refractivity contribution in [2.75, 3.05) is 11.6 Å². The van der Waals surface area contributed by atoms with Gasteiger partial charge in [0.2, 0.25) is 11.1 Å². The third-order valence-electron chi connectivity index (χ3n) is 2.89. The Labute approximate surface area is 109 Å². The van der Waals surface area contributed by atoms with Crippen LogP contribution in [0, 0.1) is 0 Å². The van der Waals surface area contributed by atoms with Crippen LogP contribution < -0.4 is 5.32 Å². The average Bonchev–Trinajstić information content (AvgIpc) is 2.83. The molecule has 2 aromatic rings. The Morgan fingerprint density at radius 1 is 1.39 bits per heavy atom. The van der Waals surface area contributed by atoms with Gasteiger partial charge in [0, 0.05) is 0 Å². The fourth-order valence-corrected chi connectivity index (χ4v) is 2.34. The van der Waals surface area contributed by atoms with Crippen LogP contribution in [0.15, 0.2) is 35.5 Å². The van der Waals surface area contributed by atoms with Gasteiger partial charge in [0.15, 0.2) is 0 Å². The lowest BCUT2D eigenvalue weighted by Crippen LogP contribution is -2.28. The molecule has 0 fully saturated rings. The molecular weight excluding hydrogens is 248 g/mol. The molecule has 0 saturated carbocycles. The maximum absolute atomic E-state index is 12.0. The SMILES string of the molecule is CSc1nc2n(n1)C(=O)CC(c1ccccc1)N2. The van der Waals surface area contributed by atoms with E-state index in [2.05, 4.69) is 15.4 Å². The van der Waals surface area contributed by atoms with E-state index >= 15 is 0 Å². The van der Waals surface area contributed by atoms with Crippen molar-refractivity contribution in [1.29, 1.82) is 0 Å². The maximum atomic E-state index is 12.0. The Hall–Kier alpha value is -1.82. The largest absolute Gasteiger partial charge is 0.347 e. The second kappa shape index (κ2) is 4.45. The second-order valence-electron chi connectivity index (χ2n) is 4.04. The van der Waals surface area contributed by atoms with Crippen LogP contribution in [0.3, 0.4) is 0 Å². The van der Waals surface area contributed by atoms with Gasteiger partial charge in [-0.1, -0.05) is 42.1 Å². The van der Waals surface area contributed by atoms with Gasteiger partial charge in [-0.05, 0) is 11.8 Å². The van der Waals surface area contributed by atoms with Gasteiger partial charge in [-0.25, -0.2) is 0 Å². The van der Waals surface area contributed by atoms with E-state index in [0.29, 0.717) is 17.5 Å². The minimum atomic E-state index is -0.0230. The molecule has 1 aromatic carbocycles. The minimum Gasteiger partial charge on any atom is -0.347 e. The summed E-state index contributed by atoms with van der Waals surface area (Å²) < 4.78 is 1.35. The number of hydrogen-bond acceptors (Lipinski definition) is 5. The summed E-state index contributed by atoms with van der Waals surface area (Å²) in [5.41, 5.74) is 1.09. The number of fused-ring (bicyclic) bond motifs is 1. The molecule has 1 aliphatic heterocycles. The minimum absolute atomic E-state index is 0.0228. The summed E-state index contributed by atoms with van der Waals surface area (Å²) in [5.74, 6) is 0.509. The number of thioether (sulfide) groups is 1. The Morgan fingerprint density at radius 3 is 2.89 bits per heavy atom. The Kier molecular flexibility index (Phi) is 2.79. The highest BCUT2D eigenvalue weighted by molar-refractivity contribution is 7.98. The van der Waals surface area contributed by atoms with Crippen LogP contribution in [0.5, 0.6) is 0 Å². The van der Waals surface area contributed by atoms with Crippen molar-refractivity contribution in [2.45, 2.75) is 17.6 Å². The normalized spacial score (nSPS) is 18.3. The molecule has 0 saturated heterocycles. The van der Waals surface area contributed by atoms with E-state index in [0.717, 1.165) is 5.56 Å². The standard InChI is InChI=1S/C12H12N4OS/c1-18-12-14-11-13-9(7-10(17)16(11)15-12)8-5-3-2-4-6-8/h2-6,9H,7H2,1H3,(H,13,14,15). The zero-order valence-electron chi connectivity index (χ0n) is 9.83. The zero-order valence-corrected chi connectivity index (χ0v) is 10.6. The first-order valence-electron chi connectivity index (χ1n) is 5.63. The van der Waals surface area contributed by atoms with Gasteiger partial charge in [0.1, 0.15) is 0 Å². The highest BCUT2D eigenvalue weighted by Gasteiger charge is 2.28. The van der Waals surface area contributed by atoms with E-state index in [1.807, 2.05) is 36.6 Å². The molecule has 0 spiro atoms. The van der Waals surface area contributed by atoms with E-state index < -0.39 is 0 Å². The molecule has 1 aliphatic rings. The maximum Gasteiger partial charge on any atom is 0.252 e. The van der Waals surface area contributed by atoms with Crippen LogP contribution in [0.4, 0.5) is 5.95 Å². The molecular formula is C12H12N4OS. The number of rotatable bonds is 2. The predicted molar refractivity (Wildman–Crippen MR) is 69.9 cm³/mol. The van der Waals surface area contributed by atoms with E-state index in [4.69, 9.17) is 0 Å². The summed E-state index contributed by atoms with van der Waals surface area (Å²) in [6, 6.07) is 9.88. The number of hydrogen-bond donors (Lipinski definition) is 1. The lowest BCUT2D eigenvalue weighted by Gasteiger charge is -2.23. The molecule has 1 unspecified atom stereocenters. The number of nitrogens with one attached hydrogen (secondary N) is 1. The van der Waals surface area contributed by atoms with Crippen LogP contribution >= 0.6 is 11.8 Å². The fraction of sp³-hybridized carbons (Fsp3) is 0.250. The Morgan fingerprint density at radius 2 is 2.17 bits per heavy atom. The van der Waals surface area contributed by atoms with Crippen molar-refractivity contribution < 1.29 is 4.79 Å². The molecule has 1 aromatic heterocycles. The Bertz CT molecular complexity index is 581. The molecule has 92 valence electrons. The second-order valence-corrected chi connectivity index (χ2v) is 4.81. The third-order valence-corrected chi connectivity index (χ3v) is 3.43. The first-order chi connectivity index (χ1) is 8.78. The molecule has 0 aliphatic carbocycles. The number of carbonyl (C=O) groups excluding carboxylic acids is 1. The van der Waals surface area contributed by atoms with Crippen LogP contribution in [0.1, 0.15) is 22.8 Å². The molecule has 0 radical (unpaired) electrons. The quantitative estimate of drug-likeness (QED) is 0.839. The first kappa shape index (κ1) is 11.3. The fourth-order valence-electron chi connectivity index (χ4n) is 2.00. The van der Waals surface area contributed by atoms with Crippen molar-refractivity contribution in [3.63, 3.8) is 0 Å². The molecule has 0 bridgehead atoms. The molecule has 5 nitrogen and oxygen atoms in total. The van der Waals surface area contributed by atoms with E-state index in [1.165, 1.54) is 16.4 Å². The van der Waals surface area contributed by atoms with E-state index in [-0.39, 0.29) is 11.9 Å². The average molecular weight is 260 g/mol. The summed E-state index contributed by atoms with van der Waals surface area (Å²) in [6.45, 7) is 0. The van der Waals surface area contributed by atoms with E-state index in [9.17, 15) is 4.79 Å². The van der Waals surface area contributed by atoms with Crippen LogP contribution in [-0.2, 0) is 0 Å². The summed E-state index contributed by atoms with van der Waals surface area (Å²) in [7, 11) is 0. The van der Waals surface area contributed by atoms with Crippen molar-refractivity contribution in [2.24, 2.45) is 0 Å².